The van der Waals surface area contributed by atoms with Gasteiger partial charge >= 0.3 is 5.97 Å². The van der Waals surface area contributed by atoms with Crippen molar-refractivity contribution in [2.75, 3.05) is 0 Å². The van der Waals surface area contributed by atoms with Crippen molar-refractivity contribution in [1.29, 1.82) is 0 Å². The molecule has 0 atom stereocenters. The van der Waals surface area contributed by atoms with E-state index in [4.69, 9.17) is 4.74 Å². The van der Waals surface area contributed by atoms with Crippen molar-refractivity contribution < 1.29 is 14.5 Å². The van der Waals surface area contributed by atoms with Gasteiger partial charge in [-0.15, -0.1) is 0 Å². The van der Waals surface area contributed by atoms with Crippen LogP contribution >= 0.6 is 15.9 Å². The number of rotatable bonds is 3. The lowest BCUT2D eigenvalue weighted by Gasteiger charge is -2.19. The Hall–Kier alpha value is -1.43. The summed E-state index contributed by atoms with van der Waals surface area (Å²) in [6, 6.07) is 4.58. The first kappa shape index (κ1) is 14.6. The number of nitro groups is 1. The van der Waals surface area contributed by atoms with Crippen molar-refractivity contribution in [3.05, 3.63) is 38.3 Å². The van der Waals surface area contributed by atoms with E-state index in [1.807, 2.05) is 0 Å². The summed E-state index contributed by atoms with van der Waals surface area (Å²) in [5.74, 6) is -0.488. The third-order valence-corrected chi connectivity index (χ3v) is 2.77. The first-order valence-corrected chi connectivity index (χ1v) is 6.13. The summed E-state index contributed by atoms with van der Waals surface area (Å²) >= 11 is 3.21. The highest BCUT2D eigenvalue weighted by Crippen LogP contribution is 2.27. The van der Waals surface area contributed by atoms with Gasteiger partial charge in [0.15, 0.2) is 0 Å². The lowest BCUT2D eigenvalue weighted by atomic mass is 10.1. The van der Waals surface area contributed by atoms with Crippen molar-refractivity contribution in [3.8, 4) is 0 Å². The van der Waals surface area contributed by atoms with E-state index in [-0.39, 0.29) is 12.1 Å². The van der Waals surface area contributed by atoms with Crippen LogP contribution in [-0.2, 0) is 16.0 Å². The van der Waals surface area contributed by atoms with Gasteiger partial charge in [0.05, 0.1) is 16.9 Å². The van der Waals surface area contributed by atoms with Gasteiger partial charge in [0.2, 0.25) is 0 Å². The Labute approximate surface area is 113 Å². The zero-order valence-corrected chi connectivity index (χ0v) is 12.0. The topological polar surface area (TPSA) is 69.4 Å². The molecular formula is C12H14BrNO4. The van der Waals surface area contributed by atoms with Gasteiger partial charge in [-0.3, -0.25) is 14.9 Å². The third kappa shape index (κ3) is 4.10. The van der Waals surface area contributed by atoms with E-state index in [0.717, 1.165) is 0 Å². The number of carbonyl (C=O) groups is 1. The average Bonchev–Trinajstić information content (AvgIpc) is 2.17. The monoisotopic (exact) mass is 315 g/mol. The molecule has 0 saturated heterocycles. The summed E-state index contributed by atoms with van der Waals surface area (Å²) in [6.45, 7) is 5.25. The maximum Gasteiger partial charge on any atom is 0.311 e. The zero-order valence-electron chi connectivity index (χ0n) is 10.4. The second-order valence-electron chi connectivity index (χ2n) is 4.76. The average molecular weight is 316 g/mol. The first-order valence-electron chi connectivity index (χ1n) is 5.34. The Morgan fingerprint density at radius 3 is 2.56 bits per heavy atom. The maximum atomic E-state index is 11.7. The van der Waals surface area contributed by atoms with Crippen LogP contribution in [0.4, 0.5) is 5.69 Å². The van der Waals surface area contributed by atoms with E-state index in [2.05, 4.69) is 15.9 Å². The van der Waals surface area contributed by atoms with Crippen molar-refractivity contribution in [2.45, 2.75) is 32.8 Å². The molecule has 5 nitrogen and oxygen atoms in total. The van der Waals surface area contributed by atoms with Crippen LogP contribution in [0.5, 0.6) is 0 Å². The lowest BCUT2D eigenvalue weighted by molar-refractivity contribution is -0.385. The van der Waals surface area contributed by atoms with Crippen LogP contribution in [0.2, 0.25) is 0 Å². The molecule has 18 heavy (non-hydrogen) atoms. The van der Waals surface area contributed by atoms with Crippen LogP contribution in [0, 0.1) is 10.1 Å². The van der Waals surface area contributed by atoms with Crippen molar-refractivity contribution in [2.24, 2.45) is 0 Å². The number of hydrogen-bond donors (Lipinski definition) is 0. The summed E-state index contributed by atoms with van der Waals surface area (Å²) in [5.41, 5.74) is -0.361. The van der Waals surface area contributed by atoms with E-state index in [0.29, 0.717) is 10.0 Å². The minimum Gasteiger partial charge on any atom is -0.460 e. The number of halogens is 1. The molecule has 0 aliphatic rings. The molecule has 0 bridgehead atoms. The summed E-state index contributed by atoms with van der Waals surface area (Å²) in [7, 11) is 0. The van der Waals surface area contributed by atoms with Gasteiger partial charge in [-0.25, -0.2) is 0 Å². The molecule has 0 N–H and O–H groups in total. The molecule has 0 amide bonds. The fraction of sp³-hybridized carbons (Fsp3) is 0.417. The normalized spacial score (nSPS) is 11.1. The third-order valence-electron chi connectivity index (χ3n) is 2.03. The molecule has 0 aliphatic heterocycles. The van der Waals surface area contributed by atoms with Gasteiger partial charge < -0.3 is 4.74 Å². The molecule has 6 heteroatoms. The zero-order chi connectivity index (χ0) is 13.9. The van der Waals surface area contributed by atoms with Gasteiger partial charge in [-0.2, -0.15) is 0 Å². The van der Waals surface area contributed by atoms with Crippen molar-refractivity contribution in [3.63, 3.8) is 0 Å². The number of benzene rings is 1. The molecule has 0 aliphatic carbocycles. The van der Waals surface area contributed by atoms with Crippen molar-refractivity contribution in [1.82, 2.24) is 0 Å². The summed E-state index contributed by atoms with van der Waals surface area (Å²) in [6.07, 6.45) is -0.130. The molecule has 1 aromatic rings. The van der Waals surface area contributed by atoms with Crippen LogP contribution in [0.15, 0.2) is 22.7 Å². The molecule has 0 aromatic heterocycles. The van der Waals surface area contributed by atoms with Gasteiger partial charge in [-0.05, 0) is 26.8 Å². The fourth-order valence-electron chi connectivity index (χ4n) is 1.42. The Balaban J connectivity index is 2.97. The first-order chi connectivity index (χ1) is 8.20. The van der Waals surface area contributed by atoms with Crippen LogP contribution in [0.3, 0.4) is 0 Å². The van der Waals surface area contributed by atoms with Gasteiger partial charge in [0.1, 0.15) is 5.60 Å². The highest BCUT2D eigenvalue weighted by atomic mass is 79.9. The van der Waals surface area contributed by atoms with E-state index >= 15 is 0 Å². The molecule has 1 aromatic carbocycles. The van der Waals surface area contributed by atoms with Crippen LogP contribution in [-0.4, -0.2) is 16.5 Å². The summed E-state index contributed by atoms with van der Waals surface area (Å²) in [5, 5.41) is 10.9. The van der Waals surface area contributed by atoms with Gasteiger partial charge in [-0.1, -0.05) is 22.0 Å². The highest BCUT2D eigenvalue weighted by Gasteiger charge is 2.22. The molecule has 0 unspecified atom stereocenters. The highest BCUT2D eigenvalue weighted by molar-refractivity contribution is 9.10. The number of esters is 1. The largest absolute Gasteiger partial charge is 0.460 e. The standard InChI is InChI=1S/C12H14BrNO4/c1-12(2,3)18-11(15)7-8-9(13)5-4-6-10(8)14(16)17/h4-6H,7H2,1-3H3. The number of hydrogen-bond acceptors (Lipinski definition) is 4. The molecule has 98 valence electrons. The van der Waals surface area contributed by atoms with E-state index in [1.165, 1.54) is 6.07 Å². The number of ether oxygens (including phenoxy) is 1. The number of carbonyl (C=O) groups excluding carboxylic acids is 1. The molecular weight excluding hydrogens is 302 g/mol. The molecule has 0 radical (unpaired) electrons. The quantitative estimate of drug-likeness (QED) is 0.488. The Kier molecular flexibility index (Phi) is 4.45. The van der Waals surface area contributed by atoms with Crippen molar-refractivity contribution >= 4 is 27.6 Å². The summed E-state index contributed by atoms with van der Waals surface area (Å²) < 4.78 is 5.68. The fourth-order valence-corrected chi connectivity index (χ4v) is 1.91. The SMILES string of the molecule is CC(C)(C)OC(=O)Cc1c(Br)cccc1[N+](=O)[O-]. The number of nitro benzene ring substituents is 1. The van der Waals surface area contributed by atoms with E-state index < -0.39 is 16.5 Å². The Morgan fingerprint density at radius 2 is 2.06 bits per heavy atom. The van der Waals surface area contributed by atoms with E-state index in [9.17, 15) is 14.9 Å². The molecule has 0 spiro atoms. The van der Waals surface area contributed by atoms with Crippen LogP contribution < -0.4 is 0 Å². The van der Waals surface area contributed by atoms with Crippen LogP contribution in [0.25, 0.3) is 0 Å². The second kappa shape index (κ2) is 5.48. The number of nitrogens with zero attached hydrogens (tertiary/aromatic N) is 1. The molecule has 0 fully saturated rings. The van der Waals surface area contributed by atoms with Gasteiger partial charge in [0, 0.05) is 10.5 Å². The summed E-state index contributed by atoms with van der Waals surface area (Å²) in [4.78, 5) is 22.1. The molecule has 1 rings (SSSR count). The smallest absolute Gasteiger partial charge is 0.311 e. The second-order valence-corrected chi connectivity index (χ2v) is 5.61. The minimum atomic E-state index is -0.604. The predicted molar refractivity (Wildman–Crippen MR) is 70.3 cm³/mol. The van der Waals surface area contributed by atoms with E-state index in [1.54, 1.807) is 32.9 Å². The lowest BCUT2D eigenvalue weighted by Crippen LogP contribution is -2.25. The maximum absolute atomic E-state index is 11.7. The van der Waals surface area contributed by atoms with Gasteiger partial charge in [0.25, 0.3) is 5.69 Å². The Morgan fingerprint density at radius 1 is 1.44 bits per heavy atom. The Bertz CT molecular complexity index is 479. The predicted octanol–water partition coefficient (Wildman–Crippen LogP) is 3.24. The minimum absolute atomic E-state index is 0.0877. The molecule has 0 heterocycles. The van der Waals surface area contributed by atoms with Crippen LogP contribution in [0.1, 0.15) is 26.3 Å². The molecule has 0 saturated carbocycles.